The maximum Gasteiger partial charge on any atom is 0.433 e. The maximum absolute atomic E-state index is 16.3. The molecule has 1 aromatic rings. The fraction of sp³-hybridized carbons (Fsp3) is 0.524. The number of ketones is 1. The van der Waals surface area contributed by atoms with Crippen LogP contribution in [0.4, 0.5) is 14.0 Å². The second kappa shape index (κ2) is 9.76. The summed E-state index contributed by atoms with van der Waals surface area (Å²) in [6.45, 7) is 10.2. The minimum absolute atomic E-state index is 0.139. The number of hydrogen-bond acceptors (Lipinski definition) is 7. The average Bonchev–Trinajstić information content (AvgIpc) is 2.63. The molecule has 0 fully saturated rings. The lowest BCUT2D eigenvalue weighted by atomic mass is 10.0. The molecule has 1 atom stereocenters. The molecular formula is C21H29FN2O7. The molecule has 0 bridgehead atoms. The zero-order valence-corrected chi connectivity index (χ0v) is 18.8. The lowest BCUT2D eigenvalue weighted by Crippen LogP contribution is -2.66. The molecule has 1 N–H and O–H groups in total. The van der Waals surface area contributed by atoms with Crippen LogP contribution in [0, 0.1) is 0 Å². The van der Waals surface area contributed by atoms with Gasteiger partial charge in [0.15, 0.2) is 0 Å². The highest BCUT2D eigenvalue weighted by atomic mass is 19.1. The minimum Gasteiger partial charge on any atom is -0.462 e. The molecule has 0 aliphatic rings. The number of rotatable bonds is 5. The van der Waals surface area contributed by atoms with E-state index in [9.17, 15) is 19.2 Å². The predicted molar refractivity (Wildman–Crippen MR) is 109 cm³/mol. The first kappa shape index (κ1) is 25.9. The molecule has 0 aliphatic heterocycles. The Morgan fingerprint density at radius 2 is 1.45 bits per heavy atom. The summed E-state index contributed by atoms with van der Waals surface area (Å²) >= 11 is 0. The third-order valence-corrected chi connectivity index (χ3v) is 3.37. The van der Waals surface area contributed by atoms with Gasteiger partial charge in [-0.25, -0.2) is 19.8 Å². The summed E-state index contributed by atoms with van der Waals surface area (Å²) in [5.41, 5.74) is -0.571. The van der Waals surface area contributed by atoms with Crippen molar-refractivity contribution in [2.24, 2.45) is 0 Å². The van der Waals surface area contributed by atoms with Crippen LogP contribution in [0.25, 0.3) is 0 Å². The fourth-order valence-electron chi connectivity index (χ4n) is 2.24. The number of Topliss-reactive ketones (excluding diaryl/α,β-unsaturated/α-hetero) is 1. The van der Waals surface area contributed by atoms with E-state index < -0.39 is 40.9 Å². The van der Waals surface area contributed by atoms with Gasteiger partial charge in [-0.15, -0.1) is 0 Å². The van der Waals surface area contributed by atoms with Crippen LogP contribution in [0.3, 0.4) is 0 Å². The Labute approximate surface area is 180 Å². The Hall–Kier alpha value is -3.17. The number of ether oxygens (including phenoxy) is 3. The smallest absolute Gasteiger partial charge is 0.433 e. The highest BCUT2D eigenvalue weighted by Gasteiger charge is 2.58. The molecule has 0 spiro atoms. The molecule has 0 heterocycles. The topological polar surface area (TPSA) is 111 Å². The van der Waals surface area contributed by atoms with Gasteiger partial charge in [0.05, 0.1) is 6.61 Å². The fourth-order valence-corrected chi connectivity index (χ4v) is 2.24. The molecule has 9 nitrogen and oxygen atoms in total. The summed E-state index contributed by atoms with van der Waals surface area (Å²) in [5.74, 6) is -6.91. The first-order valence-corrected chi connectivity index (χ1v) is 9.60. The van der Waals surface area contributed by atoms with Gasteiger partial charge in [-0.05, 0) is 48.5 Å². The predicted octanol–water partition coefficient (Wildman–Crippen LogP) is 3.78. The summed E-state index contributed by atoms with van der Waals surface area (Å²) in [6, 6.07) is 6.95. The van der Waals surface area contributed by atoms with Crippen molar-refractivity contribution >= 4 is 23.9 Å². The van der Waals surface area contributed by atoms with Crippen molar-refractivity contribution in [1.29, 1.82) is 0 Å². The number of nitrogens with zero attached hydrogens (tertiary/aromatic N) is 1. The van der Waals surface area contributed by atoms with Crippen LogP contribution >= 0.6 is 0 Å². The molecule has 0 radical (unpaired) electrons. The minimum atomic E-state index is -3.77. The summed E-state index contributed by atoms with van der Waals surface area (Å²) in [5, 5.41) is -0.139. The summed E-state index contributed by atoms with van der Waals surface area (Å²) in [4.78, 5) is 50.7. The number of esters is 1. The molecule has 0 aromatic heterocycles. The van der Waals surface area contributed by atoms with Crippen LogP contribution in [0.5, 0.6) is 0 Å². The molecular weight excluding hydrogens is 411 g/mol. The number of hydrogen-bond donors (Lipinski definition) is 1. The normalized spacial score (nSPS) is 13.4. The van der Waals surface area contributed by atoms with E-state index in [1.165, 1.54) is 72.7 Å². The van der Waals surface area contributed by atoms with Crippen LogP contribution in [0.1, 0.15) is 58.8 Å². The van der Waals surface area contributed by atoms with Crippen molar-refractivity contribution in [3.05, 3.63) is 35.9 Å². The SMILES string of the molecule is CCOC(=O)C(F)(C(=O)c1ccccc1)N(NC(=O)OC(C)(C)C)C(=O)OC(C)(C)C. The number of carbonyl (C=O) groups excluding carboxylic acids is 4. The first-order valence-electron chi connectivity index (χ1n) is 9.60. The maximum atomic E-state index is 16.3. The molecule has 1 unspecified atom stereocenters. The van der Waals surface area contributed by atoms with E-state index in [4.69, 9.17) is 14.2 Å². The van der Waals surface area contributed by atoms with E-state index in [-0.39, 0.29) is 17.2 Å². The second-order valence-corrected chi connectivity index (χ2v) is 8.47. The average molecular weight is 440 g/mol. The van der Waals surface area contributed by atoms with Crippen molar-refractivity contribution in [1.82, 2.24) is 10.4 Å². The van der Waals surface area contributed by atoms with Gasteiger partial charge in [0, 0.05) is 5.56 Å². The highest BCUT2D eigenvalue weighted by molar-refractivity contribution is 6.16. The van der Waals surface area contributed by atoms with E-state index in [1.807, 2.05) is 5.43 Å². The number of amides is 2. The number of hydrazine groups is 1. The molecule has 10 heteroatoms. The molecule has 0 aliphatic carbocycles. The Morgan fingerprint density at radius 3 is 1.90 bits per heavy atom. The number of alkyl halides is 1. The van der Waals surface area contributed by atoms with Crippen LogP contribution in [0.15, 0.2) is 30.3 Å². The van der Waals surface area contributed by atoms with Gasteiger partial charge in [0.2, 0.25) is 5.78 Å². The first-order chi connectivity index (χ1) is 14.1. The van der Waals surface area contributed by atoms with Gasteiger partial charge in [0.25, 0.3) is 0 Å². The Kier molecular flexibility index (Phi) is 8.14. The van der Waals surface area contributed by atoms with Crippen molar-refractivity contribution in [2.45, 2.75) is 65.5 Å². The van der Waals surface area contributed by atoms with Crippen LogP contribution in [0.2, 0.25) is 0 Å². The van der Waals surface area contributed by atoms with Crippen LogP contribution < -0.4 is 5.43 Å². The molecule has 0 saturated heterocycles. The molecule has 31 heavy (non-hydrogen) atoms. The van der Waals surface area contributed by atoms with Gasteiger partial charge in [-0.1, -0.05) is 30.3 Å². The van der Waals surface area contributed by atoms with E-state index in [2.05, 4.69) is 0 Å². The number of benzene rings is 1. The van der Waals surface area contributed by atoms with Gasteiger partial charge in [0.1, 0.15) is 11.2 Å². The second-order valence-electron chi connectivity index (χ2n) is 8.47. The third kappa shape index (κ3) is 7.23. The van der Waals surface area contributed by atoms with E-state index >= 15 is 4.39 Å². The van der Waals surface area contributed by atoms with Crippen LogP contribution in [-0.2, 0) is 19.0 Å². The van der Waals surface area contributed by atoms with E-state index in [1.54, 1.807) is 6.07 Å². The van der Waals surface area contributed by atoms with Gasteiger partial charge < -0.3 is 14.2 Å². The standard InChI is InChI=1S/C21H29FN2O7/c1-8-29-16(26)21(22,15(25)14-12-10-9-11-13-14)24(18(28)31-20(5,6)7)23-17(27)30-19(2,3)4/h9-13H,8H2,1-7H3,(H,23,27). The summed E-state index contributed by atoms with van der Waals surface area (Å²) < 4.78 is 31.1. The van der Waals surface area contributed by atoms with Gasteiger partial charge >= 0.3 is 23.9 Å². The zero-order chi connectivity index (χ0) is 24.0. The van der Waals surface area contributed by atoms with E-state index in [0.29, 0.717) is 0 Å². The van der Waals surface area contributed by atoms with Crippen molar-refractivity contribution in [2.75, 3.05) is 6.61 Å². The highest BCUT2D eigenvalue weighted by Crippen LogP contribution is 2.26. The van der Waals surface area contributed by atoms with Crippen LogP contribution in [-0.4, -0.2) is 52.5 Å². The molecule has 1 aromatic carbocycles. The quantitative estimate of drug-likeness (QED) is 0.185. The largest absolute Gasteiger partial charge is 0.462 e. The summed E-state index contributed by atoms with van der Waals surface area (Å²) in [7, 11) is 0. The number of carbonyl (C=O) groups is 4. The van der Waals surface area contributed by atoms with Gasteiger partial charge in [-0.2, -0.15) is 9.40 Å². The van der Waals surface area contributed by atoms with Crippen molar-refractivity contribution in [3.8, 4) is 0 Å². The lowest BCUT2D eigenvalue weighted by Gasteiger charge is -2.35. The Morgan fingerprint density at radius 1 is 0.935 bits per heavy atom. The van der Waals surface area contributed by atoms with Crippen molar-refractivity contribution < 1.29 is 37.8 Å². The monoisotopic (exact) mass is 440 g/mol. The third-order valence-electron chi connectivity index (χ3n) is 3.37. The number of nitrogens with one attached hydrogen (secondary N) is 1. The Balaban J connectivity index is 3.55. The molecule has 0 saturated carbocycles. The van der Waals surface area contributed by atoms with Gasteiger partial charge in [-0.3, -0.25) is 4.79 Å². The zero-order valence-electron chi connectivity index (χ0n) is 18.8. The molecule has 2 amide bonds. The molecule has 172 valence electrons. The summed E-state index contributed by atoms with van der Waals surface area (Å²) in [6.07, 6.45) is -2.79. The number of halogens is 1. The lowest BCUT2D eigenvalue weighted by molar-refractivity contribution is -0.167. The Bertz CT molecular complexity index is 815. The molecule has 1 rings (SSSR count). The van der Waals surface area contributed by atoms with Crippen molar-refractivity contribution in [3.63, 3.8) is 0 Å². The van der Waals surface area contributed by atoms with E-state index in [0.717, 1.165) is 0 Å².